The number of amides is 2. The van der Waals surface area contributed by atoms with Crippen LogP contribution in [-0.2, 0) is 9.59 Å². The van der Waals surface area contributed by atoms with Crippen molar-refractivity contribution < 1.29 is 9.59 Å². The maximum atomic E-state index is 10.6. The smallest absolute Gasteiger partial charge is 0.246 e. The Morgan fingerprint density at radius 2 is 1.94 bits per heavy atom. The van der Waals surface area contributed by atoms with Crippen LogP contribution in [0.3, 0.4) is 0 Å². The van der Waals surface area contributed by atoms with E-state index in [1.54, 1.807) is 11.9 Å². The lowest BCUT2D eigenvalue weighted by Crippen LogP contribution is -2.21. The van der Waals surface area contributed by atoms with Crippen LogP contribution in [0.4, 0.5) is 0 Å². The Labute approximate surface area is 96.0 Å². The summed E-state index contributed by atoms with van der Waals surface area (Å²) >= 11 is 0. The molecule has 88 valence electrons. The van der Waals surface area contributed by atoms with Crippen molar-refractivity contribution in [2.24, 2.45) is 0 Å². The third-order valence-electron chi connectivity index (χ3n) is 2.73. The lowest BCUT2D eigenvalue weighted by Gasteiger charge is -2.06. The molecule has 2 aliphatic heterocycles. The number of nitrogens with zero attached hydrogens (tertiary/aromatic N) is 1. The minimum atomic E-state index is 0.0116. The zero-order valence-corrected chi connectivity index (χ0v) is 9.88. The van der Waals surface area contributed by atoms with E-state index in [1.165, 1.54) is 0 Å². The van der Waals surface area contributed by atoms with E-state index in [4.69, 9.17) is 0 Å². The average molecular weight is 222 g/mol. The fourth-order valence-electron chi connectivity index (χ4n) is 1.60. The van der Waals surface area contributed by atoms with Gasteiger partial charge in [0.05, 0.1) is 0 Å². The first-order chi connectivity index (χ1) is 7.41. The number of rotatable bonds is 0. The highest BCUT2D eigenvalue weighted by Gasteiger charge is 2.20. The molecule has 0 radical (unpaired) electrons. The molecule has 0 aromatic heterocycles. The zero-order valence-electron chi connectivity index (χ0n) is 9.88. The molecule has 4 nitrogen and oxygen atoms in total. The molecule has 0 aliphatic carbocycles. The van der Waals surface area contributed by atoms with Gasteiger partial charge in [-0.3, -0.25) is 9.59 Å². The van der Waals surface area contributed by atoms with Crippen molar-refractivity contribution in [1.82, 2.24) is 10.2 Å². The van der Waals surface area contributed by atoms with Crippen molar-refractivity contribution in [1.29, 1.82) is 0 Å². The van der Waals surface area contributed by atoms with Gasteiger partial charge in [-0.1, -0.05) is 13.2 Å². The first-order valence-electron chi connectivity index (χ1n) is 5.34. The molecule has 1 unspecified atom stereocenters. The Hall–Kier alpha value is -1.58. The minimum absolute atomic E-state index is 0.0116. The van der Waals surface area contributed by atoms with Gasteiger partial charge in [0, 0.05) is 30.8 Å². The van der Waals surface area contributed by atoms with E-state index < -0.39 is 0 Å². The standard InChI is InChI=1S/2C6H9NO/c1-5-3-4-6(8)7(5)2;1-4-3-5(2)7-6(4)8/h1,3-4H2,2H3;5H,1,3H2,2H3,(H,7,8). The van der Waals surface area contributed by atoms with Crippen LogP contribution in [0.2, 0.25) is 0 Å². The molecule has 2 aliphatic rings. The van der Waals surface area contributed by atoms with E-state index >= 15 is 0 Å². The van der Waals surface area contributed by atoms with E-state index in [-0.39, 0.29) is 11.8 Å². The third kappa shape index (κ3) is 2.95. The molecule has 2 heterocycles. The molecule has 2 rings (SSSR count). The first-order valence-corrected chi connectivity index (χ1v) is 5.34. The Morgan fingerprint density at radius 1 is 1.31 bits per heavy atom. The number of likely N-dealkylation sites (tertiary alicyclic amines) is 1. The molecule has 0 aromatic rings. The number of carbonyl (C=O) groups excluding carboxylic acids is 2. The largest absolute Gasteiger partial charge is 0.350 e. The Morgan fingerprint density at radius 3 is 2.06 bits per heavy atom. The van der Waals surface area contributed by atoms with Gasteiger partial charge in [-0.2, -0.15) is 0 Å². The van der Waals surface area contributed by atoms with Crippen LogP contribution < -0.4 is 5.32 Å². The Bertz CT molecular complexity index is 315. The molecule has 0 saturated carbocycles. The van der Waals surface area contributed by atoms with Crippen LogP contribution in [0.15, 0.2) is 24.4 Å². The number of hydrogen-bond acceptors (Lipinski definition) is 2. The van der Waals surface area contributed by atoms with Gasteiger partial charge in [-0.25, -0.2) is 0 Å². The van der Waals surface area contributed by atoms with E-state index in [9.17, 15) is 9.59 Å². The molecule has 16 heavy (non-hydrogen) atoms. The fourth-order valence-corrected chi connectivity index (χ4v) is 1.60. The van der Waals surface area contributed by atoms with Gasteiger partial charge in [0.25, 0.3) is 0 Å². The predicted octanol–water partition coefficient (Wildman–Crippen LogP) is 1.20. The van der Waals surface area contributed by atoms with E-state index in [1.807, 2.05) is 6.92 Å². The maximum absolute atomic E-state index is 10.6. The summed E-state index contributed by atoms with van der Waals surface area (Å²) in [4.78, 5) is 22.8. The highest BCUT2D eigenvalue weighted by Crippen LogP contribution is 2.16. The average Bonchev–Trinajstić information content (AvgIpc) is 2.65. The monoisotopic (exact) mass is 222 g/mol. The van der Waals surface area contributed by atoms with Crippen LogP contribution >= 0.6 is 0 Å². The predicted molar refractivity (Wildman–Crippen MR) is 62.5 cm³/mol. The van der Waals surface area contributed by atoms with E-state index in [0.717, 1.165) is 18.5 Å². The molecular weight excluding hydrogens is 204 g/mol. The second kappa shape index (κ2) is 4.96. The molecule has 0 bridgehead atoms. The number of hydrogen-bond donors (Lipinski definition) is 1. The molecule has 0 aromatic carbocycles. The van der Waals surface area contributed by atoms with Gasteiger partial charge in [-0.05, 0) is 19.8 Å². The number of carbonyl (C=O) groups is 2. The summed E-state index contributed by atoms with van der Waals surface area (Å²) in [5, 5.41) is 2.73. The van der Waals surface area contributed by atoms with Gasteiger partial charge in [0.15, 0.2) is 0 Å². The van der Waals surface area contributed by atoms with Gasteiger partial charge in [0.1, 0.15) is 0 Å². The van der Waals surface area contributed by atoms with Gasteiger partial charge < -0.3 is 10.2 Å². The summed E-state index contributed by atoms with van der Waals surface area (Å²) in [7, 11) is 1.76. The van der Waals surface area contributed by atoms with Gasteiger partial charge >= 0.3 is 0 Å². The summed E-state index contributed by atoms with van der Waals surface area (Å²) in [5.41, 5.74) is 1.65. The summed E-state index contributed by atoms with van der Waals surface area (Å²) in [5.74, 6) is 0.201. The maximum Gasteiger partial charge on any atom is 0.246 e. The van der Waals surface area contributed by atoms with Crippen molar-refractivity contribution in [2.45, 2.75) is 32.2 Å². The van der Waals surface area contributed by atoms with Gasteiger partial charge in [-0.15, -0.1) is 0 Å². The van der Waals surface area contributed by atoms with Crippen LogP contribution in [0, 0.1) is 0 Å². The number of allylic oxidation sites excluding steroid dienone is 1. The van der Waals surface area contributed by atoms with Crippen LogP contribution in [0.1, 0.15) is 26.2 Å². The van der Waals surface area contributed by atoms with E-state index in [2.05, 4.69) is 18.5 Å². The number of nitrogens with one attached hydrogen (secondary N) is 1. The lowest BCUT2D eigenvalue weighted by atomic mass is 10.2. The summed E-state index contributed by atoms with van der Waals surface area (Å²) in [6.45, 7) is 9.23. The molecule has 4 heteroatoms. The quantitative estimate of drug-likeness (QED) is 0.626. The highest BCUT2D eigenvalue weighted by atomic mass is 16.2. The van der Waals surface area contributed by atoms with E-state index in [0.29, 0.717) is 18.0 Å². The SMILES string of the molecule is C=C1CC(C)NC1=O.C=C1CCC(=O)N1C. The molecule has 2 fully saturated rings. The summed E-state index contributed by atoms with van der Waals surface area (Å²) in [6.07, 6.45) is 2.30. The summed E-state index contributed by atoms with van der Waals surface area (Å²) < 4.78 is 0. The van der Waals surface area contributed by atoms with Crippen molar-refractivity contribution >= 4 is 11.8 Å². The molecule has 1 N–H and O–H groups in total. The van der Waals surface area contributed by atoms with Crippen molar-refractivity contribution in [3.63, 3.8) is 0 Å². The Kier molecular flexibility index (Phi) is 3.88. The minimum Gasteiger partial charge on any atom is -0.350 e. The third-order valence-corrected chi connectivity index (χ3v) is 2.73. The second-order valence-electron chi connectivity index (χ2n) is 4.20. The lowest BCUT2D eigenvalue weighted by molar-refractivity contribution is -0.125. The molecule has 0 spiro atoms. The van der Waals surface area contributed by atoms with Crippen molar-refractivity contribution in [3.8, 4) is 0 Å². The molecular formula is C12H18N2O2. The molecule has 1 atom stereocenters. The first kappa shape index (κ1) is 12.5. The normalized spacial score (nSPS) is 24.4. The Balaban J connectivity index is 0.000000160. The van der Waals surface area contributed by atoms with Crippen LogP contribution in [-0.4, -0.2) is 29.8 Å². The van der Waals surface area contributed by atoms with Crippen molar-refractivity contribution in [3.05, 3.63) is 24.4 Å². The zero-order chi connectivity index (χ0) is 12.3. The summed E-state index contributed by atoms with van der Waals surface area (Å²) in [6, 6.07) is 0.301. The van der Waals surface area contributed by atoms with Crippen LogP contribution in [0.5, 0.6) is 0 Å². The molecule has 2 amide bonds. The van der Waals surface area contributed by atoms with Crippen molar-refractivity contribution in [2.75, 3.05) is 7.05 Å². The van der Waals surface area contributed by atoms with Crippen LogP contribution in [0.25, 0.3) is 0 Å². The second-order valence-corrected chi connectivity index (χ2v) is 4.20. The highest BCUT2D eigenvalue weighted by molar-refractivity contribution is 5.95. The van der Waals surface area contributed by atoms with Gasteiger partial charge in [0.2, 0.25) is 11.8 Å². The molecule has 2 saturated heterocycles. The fraction of sp³-hybridized carbons (Fsp3) is 0.500. The topological polar surface area (TPSA) is 49.4 Å².